The number of Topliss-reactive ketones (excluding diaryl/α,β-unsaturated/α-hetero) is 1. The van der Waals surface area contributed by atoms with Crippen LogP contribution in [0.15, 0.2) is 121 Å². The van der Waals surface area contributed by atoms with Gasteiger partial charge in [-0.15, -0.1) is 0 Å². The number of aliphatic hydroxyl groups excluding tert-OH is 2. The summed E-state index contributed by atoms with van der Waals surface area (Å²) in [5, 5.41) is 52.2. The molecule has 0 saturated heterocycles. The molecule has 6 rings (SSSR count). The zero-order chi connectivity index (χ0) is 46.1. The number of nitrogens with two attached hydrogens (primary N) is 1. The maximum Gasteiger partial charge on any atom is 0.309 e. The summed E-state index contributed by atoms with van der Waals surface area (Å²) in [6.45, 7) is 17.3. The first-order valence-electron chi connectivity index (χ1n) is 19.4. The number of aliphatic hydroxyl groups is 2. The summed E-state index contributed by atoms with van der Waals surface area (Å²) in [6.07, 6.45) is -1.34. The largest absolute Gasteiger partial charge is 0.481 e. The predicted molar refractivity (Wildman–Crippen MR) is 244 cm³/mol. The number of fused-ring (bicyclic) bond motifs is 2. The van der Waals surface area contributed by atoms with Crippen LogP contribution in [0.5, 0.6) is 0 Å². The van der Waals surface area contributed by atoms with E-state index in [1.165, 1.54) is 6.92 Å². The van der Waals surface area contributed by atoms with E-state index in [-0.39, 0.29) is 38.5 Å². The molecular formula is C50H47N7O7. The number of carboxylic acids is 1. The Morgan fingerprint density at radius 3 is 1.42 bits per heavy atom. The van der Waals surface area contributed by atoms with Gasteiger partial charge < -0.3 is 20.6 Å². The summed E-state index contributed by atoms with van der Waals surface area (Å²) in [7, 11) is 0. The van der Waals surface area contributed by atoms with E-state index in [1.54, 1.807) is 79.7 Å². The molecule has 14 nitrogen and oxygen atoms in total. The molecule has 0 bridgehead atoms. The Morgan fingerprint density at radius 2 is 1.05 bits per heavy atom. The third-order valence-electron chi connectivity index (χ3n) is 10.1. The second kappa shape index (κ2) is 24.3. The molecule has 6 aromatic carbocycles. The fourth-order valence-corrected chi connectivity index (χ4v) is 6.57. The highest BCUT2D eigenvalue weighted by Gasteiger charge is 2.26. The quantitative estimate of drug-likeness (QED) is 0.0232. The summed E-state index contributed by atoms with van der Waals surface area (Å²) in [5.41, 5.74) is 6.57. The molecule has 0 radical (unpaired) electrons. The Labute approximate surface area is 371 Å². The lowest BCUT2D eigenvalue weighted by Crippen LogP contribution is -2.40. The molecule has 64 heavy (non-hydrogen) atoms. The number of carboxylic acid groups (broad SMARTS) is 1. The molecular weight excluding hydrogens is 811 g/mol. The topological polar surface area (TPSA) is 235 Å². The van der Waals surface area contributed by atoms with Gasteiger partial charge in [-0.25, -0.2) is 15.5 Å². The molecule has 0 aromatic heterocycles. The van der Waals surface area contributed by atoms with E-state index in [2.05, 4.69) is 15.0 Å². The van der Waals surface area contributed by atoms with Crippen molar-refractivity contribution < 1.29 is 34.5 Å². The van der Waals surface area contributed by atoms with Gasteiger partial charge in [0.1, 0.15) is 0 Å². The van der Waals surface area contributed by atoms with E-state index in [9.17, 15) is 29.4 Å². The smallest absolute Gasteiger partial charge is 0.309 e. The number of nitrogen functional groups attached to an aromatic ring is 1. The van der Waals surface area contributed by atoms with Gasteiger partial charge in [-0.3, -0.25) is 24.6 Å². The van der Waals surface area contributed by atoms with Gasteiger partial charge >= 0.3 is 5.97 Å². The molecule has 0 aliphatic rings. The molecule has 324 valence electrons. The van der Waals surface area contributed by atoms with Gasteiger partial charge in [0.15, 0.2) is 17.2 Å². The van der Waals surface area contributed by atoms with Gasteiger partial charge in [0.05, 0.1) is 67.0 Å². The monoisotopic (exact) mass is 857 g/mol. The van der Waals surface area contributed by atoms with Crippen molar-refractivity contribution in [3.63, 3.8) is 0 Å². The number of ketones is 1. The van der Waals surface area contributed by atoms with E-state index >= 15 is 0 Å². The molecule has 7 N–H and O–H groups in total. The van der Waals surface area contributed by atoms with Crippen LogP contribution in [0.25, 0.3) is 31.2 Å². The second-order valence-electron chi connectivity index (χ2n) is 14.2. The minimum atomic E-state index is -1.02. The second-order valence-corrected chi connectivity index (χ2v) is 14.2. The number of nitrogens with zero attached hydrogens (tertiary/aromatic N) is 4. The molecule has 0 aliphatic heterocycles. The number of carbonyl (C=O) groups excluding carboxylic acids is 3. The van der Waals surface area contributed by atoms with Crippen LogP contribution in [0.4, 0.5) is 11.4 Å². The highest BCUT2D eigenvalue weighted by atomic mass is 16.4. The molecule has 0 spiro atoms. The zero-order valence-electron chi connectivity index (χ0n) is 34.3. The molecule has 0 fully saturated rings. The van der Waals surface area contributed by atoms with E-state index in [4.69, 9.17) is 34.6 Å². The molecule has 4 atom stereocenters. The van der Waals surface area contributed by atoms with Crippen LogP contribution < -0.4 is 16.6 Å². The Kier molecular flexibility index (Phi) is 19.0. The average Bonchev–Trinajstić information content (AvgIpc) is 3.31. The number of rotatable bonds is 12. The van der Waals surface area contributed by atoms with Crippen molar-refractivity contribution in [1.82, 2.24) is 10.7 Å². The fraction of sp³-hybridized carbons (Fsp3) is 0.200. The molecule has 6 aromatic rings. The van der Waals surface area contributed by atoms with Gasteiger partial charge in [0.2, 0.25) is 5.91 Å². The number of hydrogen-bond acceptors (Lipinski definition) is 9. The van der Waals surface area contributed by atoms with Crippen molar-refractivity contribution in [2.45, 2.75) is 46.3 Å². The van der Waals surface area contributed by atoms with Crippen LogP contribution in [0.3, 0.4) is 0 Å². The first-order valence-corrected chi connectivity index (χ1v) is 19.4. The van der Waals surface area contributed by atoms with Crippen molar-refractivity contribution in [2.24, 2.45) is 17.7 Å². The Morgan fingerprint density at radius 1 is 0.641 bits per heavy atom. The number of carbonyl (C=O) groups is 4. The summed E-state index contributed by atoms with van der Waals surface area (Å²) in [5.74, 6) is 1.23. The van der Waals surface area contributed by atoms with Gasteiger partial charge in [0, 0.05) is 11.1 Å². The Balaban J connectivity index is 0.000000282. The van der Waals surface area contributed by atoms with Crippen LogP contribution in [0, 0.1) is 47.6 Å². The lowest BCUT2D eigenvalue weighted by Gasteiger charge is -2.20. The SMILES string of the molecule is C.N#Cc1ccc(C(=O)NN)cc1.[C-]#[N+]c1ccc(C[C@@H](C(=O)NCC(=O)c2ccc(C#N)cc2)[C@@H](C)O)c2ccccc12.[C-]#[N+]c1ccc(C[C@@H](C(=O)O)[C@@H](C)O)c2ccccc12. The number of hydrogen-bond donors (Lipinski definition) is 6. The first-order chi connectivity index (χ1) is 30.3. The van der Waals surface area contributed by atoms with Crippen molar-refractivity contribution >= 4 is 56.5 Å². The van der Waals surface area contributed by atoms with Gasteiger partial charge in [0.25, 0.3) is 5.91 Å². The molecule has 0 unspecified atom stereocenters. The van der Waals surface area contributed by atoms with Crippen molar-refractivity contribution in [2.75, 3.05) is 6.54 Å². The highest BCUT2D eigenvalue weighted by molar-refractivity contribution is 6.00. The fourth-order valence-electron chi connectivity index (χ4n) is 6.57. The minimum Gasteiger partial charge on any atom is -0.481 e. The molecule has 14 heteroatoms. The number of amides is 2. The number of benzene rings is 6. The van der Waals surface area contributed by atoms with Gasteiger partial charge in [-0.2, -0.15) is 10.5 Å². The first kappa shape index (κ1) is 50.1. The van der Waals surface area contributed by atoms with E-state index in [0.717, 1.165) is 32.7 Å². The lowest BCUT2D eigenvalue weighted by molar-refractivity contribution is -0.145. The number of aliphatic carboxylic acids is 1. The summed E-state index contributed by atoms with van der Waals surface area (Å²) in [4.78, 5) is 54.2. The Bertz CT molecular complexity index is 2780. The number of hydrazine groups is 1. The van der Waals surface area contributed by atoms with Gasteiger partial charge in [-0.05, 0) is 95.8 Å². The van der Waals surface area contributed by atoms with E-state index in [0.29, 0.717) is 33.6 Å². The van der Waals surface area contributed by atoms with Crippen LogP contribution >= 0.6 is 0 Å². The zero-order valence-corrected chi connectivity index (χ0v) is 34.3. The third-order valence-corrected chi connectivity index (χ3v) is 10.1. The van der Waals surface area contributed by atoms with Crippen LogP contribution in [0.1, 0.15) is 64.2 Å². The van der Waals surface area contributed by atoms with Crippen molar-refractivity contribution in [1.29, 1.82) is 10.5 Å². The third kappa shape index (κ3) is 13.1. The molecule has 0 aliphatic carbocycles. The lowest BCUT2D eigenvalue weighted by atomic mass is 9.90. The Hall–Kier alpha value is -8.24. The van der Waals surface area contributed by atoms with Crippen molar-refractivity contribution in [3.05, 3.63) is 178 Å². The average molecular weight is 858 g/mol. The minimum absolute atomic E-state index is 0. The highest BCUT2D eigenvalue weighted by Crippen LogP contribution is 2.32. The predicted octanol–water partition coefficient (Wildman–Crippen LogP) is 7.61. The number of nitrogens with one attached hydrogen (secondary N) is 2. The standard InChI is InChI=1S/C25H21N3O3.C16H15NO3.C8H7N3O.CH4/c1-16(29)22(13-19-11-12-23(27-2)21-6-4-3-5-20(19)21)25(31)28-15-24(30)18-9-7-17(14-26)8-10-18;1-10(18)14(16(19)20)9-11-7-8-15(17-2)13-6-4-3-5-12(11)13;9-5-6-1-3-7(4-2-6)8(12)11-10;/h3-12,16,22,29H,13,15H2,1H3,(H,28,31);3-8,10,14,18H,9H2,1H3,(H,19,20);1-4H,10H2,(H,11,12);1H4/t16-,22-;10-,14-;;/m11../s1. The molecule has 0 heterocycles. The molecule has 0 saturated carbocycles. The van der Waals surface area contributed by atoms with E-state index in [1.807, 2.05) is 66.1 Å². The number of nitriles is 2. The van der Waals surface area contributed by atoms with Gasteiger partial charge in [-0.1, -0.05) is 92.4 Å². The van der Waals surface area contributed by atoms with Crippen LogP contribution in [-0.2, 0) is 22.4 Å². The summed E-state index contributed by atoms with van der Waals surface area (Å²) in [6, 6.07) is 38.2. The van der Waals surface area contributed by atoms with Crippen LogP contribution in [0.2, 0.25) is 0 Å². The van der Waals surface area contributed by atoms with E-state index < -0.39 is 35.9 Å². The van der Waals surface area contributed by atoms with Crippen LogP contribution in [-0.4, -0.2) is 57.6 Å². The van der Waals surface area contributed by atoms with Crippen molar-refractivity contribution in [3.8, 4) is 12.1 Å². The molecule has 2 amide bonds. The summed E-state index contributed by atoms with van der Waals surface area (Å²) < 4.78 is 0. The summed E-state index contributed by atoms with van der Waals surface area (Å²) >= 11 is 0. The maximum absolute atomic E-state index is 12.8. The maximum atomic E-state index is 12.8. The normalized spacial score (nSPS) is 11.9.